The number of aryl methyl sites for hydroxylation is 1. The minimum absolute atomic E-state index is 0.00642. The summed E-state index contributed by atoms with van der Waals surface area (Å²) >= 11 is 12.3. The van der Waals surface area contributed by atoms with E-state index in [2.05, 4.69) is 16.0 Å². The largest absolute Gasteiger partial charge is 0.437 e. The normalized spacial score (nSPS) is 11.6. The summed E-state index contributed by atoms with van der Waals surface area (Å²) in [5, 5.41) is 10.7. The molecule has 0 aliphatic rings. The first kappa shape index (κ1) is 21.7. The molecule has 0 fully saturated rings. The minimum Gasteiger partial charge on any atom is -0.437 e. The Labute approximate surface area is 203 Å². The van der Waals surface area contributed by atoms with Crippen LogP contribution in [0.3, 0.4) is 0 Å². The number of para-hydroxylation sites is 2. The second-order valence-corrected chi connectivity index (χ2v) is 8.24. The van der Waals surface area contributed by atoms with E-state index in [4.69, 9.17) is 27.9 Å². The number of ether oxygens (including phenoxy) is 1. The number of rotatable bonds is 4. The van der Waals surface area contributed by atoms with Crippen LogP contribution in [-0.4, -0.2) is 18.9 Å². The van der Waals surface area contributed by atoms with Gasteiger partial charge in [0.2, 0.25) is 5.88 Å². The van der Waals surface area contributed by atoms with Crippen molar-refractivity contribution in [1.82, 2.24) is 18.9 Å². The number of aromatic nitrogens is 4. The number of hydrogen-bond donors (Lipinski definition) is 0. The lowest BCUT2D eigenvalue weighted by atomic mass is 10.1. The monoisotopic (exact) mass is 487 g/mol. The molecule has 0 spiro atoms. The standard InChI is InChI=1S/C25H15Cl2N5O2/c1-31-20-7-3-2-6-19(20)29-23(31)15(14-28)12-17-24(34-21-10-9-16(26)13-18(21)27)30-22-8-4-5-11-32(22)25(17)33/h2-13H,1H3. The first-order valence-electron chi connectivity index (χ1n) is 10.1. The van der Waals surface area contributed by atoms with Gasteiger partial charge in [-0.2, -0.15) is 10.2 Å². The van der Waals surface area contributed by atoms with Crippen molar-refractivity contribution in [1.29, 1.82) is 5.26 Å². The van der Waals surface area contributed by atoms with Crippen molar-refractivity contribution in [2.45, 2.75) is 0 Å². The highest BCUT2D eigenvalue weighted by molar-refractivity contribution is 6.35. The topological polar surface area (TPSA) is 85.2 Å². The number of imidazole rings is 1. The van der Waals surface area contributed by atoms with E-state index in [1.54, 1.807) is 41.1 Å². The molecule has 0 amide bonds. The van der Waals surface area contributed by atoms with Crippen LogP contribution in [0.25, 0.3) is 28.3 Å². The van der Waals surface area contributed by atoms with Gasteiger partial charge in [-0.1, -0.05) is 41.4 Å². The van der Waals surface area contributed by atoms with Crippen LogP contribution >= 0.6 is 23.2 Å². The molecule has 7 nitrogen and oxygen atoms in total. The van der Waals surface area contributed by atoms with E-state index in [1.807, 2.05) is 31.3 Å². The summed E-state index contributed by atoms with van der Waals surface area (Å²) in [7, 11) is 1.81. The number of benzene rings is 2. The van der Waals surface area contributed by atoms with Crippen LogP contribution in [0.4, 0.5) is 0 Å². The summed E-state index contributed by atoms with van der Waals surface area (Å²) in [6, 6.07) is 19.6. The molecule has 3 aromatic heterocycles. The van der Waals surface area contributed by atoms with Crippen LogP contribution in [-0.2, 0) is 7.05 Å². The Morgan fingerprint density at radius 3 is 2.65 bits per heavy atom. The van der Waals surface area contributed by atoms with Gasteiger partial charge in [0, 0.05) is 18.3 Å². The molecule has 0 aliphatic carbocycles. The molecule has 5 aromatic rings. The summed E-state index contributed by atoms with van der Waals surface area (Å²) in [6.07, 6.45) is 3.04. The molecule has 34 heavy (non-hydrogen) atoms. The van der Waals surface area contributed by atoms with Crippen molar-refractivity contribution in [3.8, 4) is 17.7 Å². The van der Waals surface area contributed by atoms with Gasteiger partial charge in [0.05, 0.1) is 21.6 Å². The van der Waals surface area contributed by atoms with Gasteiger partial charge in [0.25, 0.3) is 5.56 Å². The summed E-state index contributed by atoms with van der Waals surface area (Å²) in [5.74, 6) is 0.692. The van der Waals surface area contributed by atoms with E-state index in [0.717, 1.165) is 11.0 Å². The number of nitriles is 1. The van der Waals surface area contributed by atoms with Gasteiger partial charge in [0.1, 0.15) is 23.0 Å². The maximum absolute atomic E-state index is 13.4. The zero-order chi connectivity index (χ0) is 23.8. The Kier molecular flexibility index (Phi) is 5.54. The summed E-state index contributed by atoms with van der Waals surface area (Å²) in [6.45, 7) is 0. The molecule has 0 saturated carbocycles. The molecule has 0 aliphatic heterocycles. The second kappa shape index (κ2) is 8.67. The van der Waals surface area contributed by atoms with Gasteiger partial charge >= 0.3 is 0 Å². The van der Waals surface area contributed by atoms with Crippen LogP contribution in [0.2, 0.25) is 10.0 Å². The maximum Gasteiger partial charge on any atom is 0.269 e. The predicted octanol–water partition coefficient (Wildman–Crippen LogP) is 5.74. The van der Waals surface area contributed by atoms with E-state index in [1.165, 1.54) is 16.5 Å². The number of fused-ring (bicyclic) bond motifs is 2. The van der Waals surface area contributed by atoms with Crippen LogP contribution in [0, 0.1) is 11.3 Å². The van der Waals surface area contributed by atoms with Gasteiger partial charge < -0.3 is 9.30 Å². The molecule has 3 heterocycles. The molecule has 0 bridgehead atoms. The van der Waals surface area contributed by atoms with E-state index in [-0.39, 0.29) is 27.8 Å². The van der Waals surface area contributed by atoms with Gasteiger partial charge in [-0.15, -0.1) is 0 Å². The highest BCUT2D eigenvalue weighted by Crippen LogP contribution is 2.33. The zero-order valence-electron chi connectivity index (χ0n) is 17.7. The Morgan fingerprint density at radius 2 is 1.88 bits per heavy atom. The lowest BCUT2D eigenvalue weighted by Gasteiger charge is -2.11. The first-order chi connectivity index (χ1) is 16.5. The summed E-state index contributed by atoms with van der Waals surface area (Å²) in [4.78, 5) is 22.5. The van der Waals surface area contributed by atoms with Crippen LogP contribution in [0.15, 0.2) is 71.7 Å². The molecule has 0 N–H and O–H groups in total. The van der Waals surface area contributed by atoms with Gasteiger partial charge in [-0.3, -0.25) is 9.20 Å². The molecular formula is C25H15Cl2N5O2. The molecule has 2 aromatic carbocycles. The number of hydrogen-bond acceptors (Lipinski definition) is 5. The number of nitrogens with zero attached hydrogens (tertiary/aromatic N) is 5. The predicted molar refractivity (Wildman–Crippen MR) is 132 cm³/mol. The van der Waals surface area contributed by atoms with Crippen molar-refractivity contribution < 1.29 is 4.74 Å². The van der Waals surface area contributed by atoms with E-state index in [9.17, 15) is 10.1 Å². The lowest BCUT2D eigenvalue weighted by Crippen LogP contribution is -2.18. The molecule has 0 unspecified atom stereocenters. The number of allylic oxidation sites excluding steroid dienone is 1. The minimum atomic E-state index is -0.405. The Morgan fingerprint density at radius 1 is 1.09 bits per heavy atom. The zero-order valence-corrected chi connectivity index (χ0v) is 19.2. The molecule has 9 heteroatoms. The Hall–Kier alpha value is -4.12. The molecular weight excluding hydrogens is 473 g/mol. The van der Waals surface area contributed by atoms with Crippen LogP contribution < -0.4 is 10.3 Å². The fourth-order valence-corrected chi connectivity index (χ4v) is 4.07. The Balaban J connectivity index is 1.74. The number of halogens is 2. The maximum atomic E-state index is 13.4. The second-order valence-electron chi connectivity index (χ2n) is 7.39. The highest BCUT2D eigenvalue weighted by Gasteiger charge is 2.18. The molecule has 5 rings (SSSR count). The molecule has 0 atom stereocenters. The smallest absolute Gasteiger partial charge is 0.269 e. The Bertz CT molecular complexity index is 1710. The third kappa shape index (κ3) is 3.79. The quantitative estimate of drug-likeness (QED) is 0.301. The van der Waals surface area contributed by atoms with E-state index >= 15 is 0 Å². The van der Waals surface area contributed by atoms with Crippen molar-refractivity contribution in [3.63, 3.8) is 0 Å². The third-order valence-corrected chi connectivity index (χ3v) is 5.80. The highest BCUT2D eigenvalue weighted by atomic mass is 35.5. The first-order valence-corrected chi connectivity index (χ1v) is 10.9. The van der Waals surface area contributed by atoms with Gasteiger partial charge in [0.15, 0.2) is 5.82 Å². The molecule has 166 valence electrons. The number of pyridine rings is 1. The average molecular weight is 488 g/mol. The third-order valence-electron chi connectivity index (χ3n) is 5.27. The van der Waals surface area contributed by atoms with E-state index < -0.39 is 5.56 Å². The SMILES string of the molecule is Cn1c(C(C#N)=Cc2c(Oc3ccc(Cl)cc3Cl)nc3ccccn3c2=O)nc2ccccc21. The van der Waals surface area contributed by atoms with E-state index in [0.29, 0.717) is 16.5 Å². The van der Waals surface area contributed by atoms with Crippen molar-refractivity contribution in [3.05, 3.63) is 98.6 Å². The summed E-state index contributed by atoms with van der Waals surface area (Å²) < 4.78 is 9.14. The van der Waals surface area contributed by atoms with Crippen molar-refractivity contribution in [2.24, 2.45) is 7.05 Å². The fourth-order valence-electron chi connectivity index (χ4n) is 3.62. The van der Waals surface area contributed by atoms with Crippen LogP contribution in [0.1, 0.15) is 11.4 Å². The summed E-state index contributed by atoms with van der Waals surface area (Å²) in [5.41, 5.74) is 1.83. The molecule has 0 radical (unpaired) electrons. The molecule has 0 saturated heterocycles. The van der Waals surface area contributed by atoms with Crippen molar-refractivity contribution in [2.75, 3.05) is 0 Å². The van der Waals surface area contributed by atoms with Gasteiger partial charge in [-0.25, -0.2) is 4.98 Å². The fraction of sp³-hybridized carbons (Fsp3) is 0.0400. The lowest BCUT2D eigenvalue weighted by molar-refractivity contribution is 0.461. The van der Waals surface area contributed by atoms with Gasteiger partial charge in [-0.05, 0) is 48.5 Å². The van der Waals surface area contributed by atoms with Crippen LogP contribution in [0.5, 0.6) is 11.6 Å². The average Bonchev–Trinajstić information content (AvgIpc) is 3.17. The van der Waals surface area contributed by atoms with Crippen molar-refractivity contribution >= 4 is 51.5 Å².